The molecule has 0 N–H and O–H groups in total. The zero-order chi connectivity index (χ0) is 23.2. The van der Waals surface area contributed by atoms with E-state index in [1.165, 1.54) is 11.6 Å². The van der Waals surface area contributed by atoms with E-state index in [9.17, 15) is 9.18 Å². The van der Waals surface area contributed by atoms with Gasteiger partial charge in [0.1, 0.15) is 5.82 Å². The summed E-state index contributed by atoms with van der Waals surface area (Å²) in [6, 6.07) is 10.3. The molecule has 4 rings (SSSR count). The fourth-order valence-electron chi connectivity index (χ4n) is 5.05. The second-order valence-corrected chi connectivity index (χ2v) is 8.81. The number of ketones is 1. The number of rotatable bonds is 9. The first-order chi connectivity index (χ1) is 16.1. The molecule has 2 aromatic heterocycles. The predicted molar refractivity (Wildman–Crippen MR) is 126 cm³/mol. The molecule has 33 heavy (non-hydrogen) atoms. The summed E-state index contributed by atoms with van der Waals surface area (Å²) in [6.07, 6.45) is 7.94. The van der Waals surface area contributed by atoms with Crippen molar-refractivity contribution in [1.29, 1.82) is 0 Å². The first-order valence-corrected chi connectivity index (χ1v) is 11.7. The van der Waals surface area contributed by atoms with Gasteiger partial charge >= 0.3 is 0 Å². The van der Waals surface area contributed by atoms with Crippen molar-refractivity contribution in [1.82, 2.24) is 9.97 Å². The van der Waals surface area contributed by atoms with Crippen molar-refractivity contribution in [3.63, 3.8) is 0 Å². The number of benzene rings is 1. The number of aromatic nitrogens is 2. The fourth-order valence-corrected chi connectivity index (χ4v) is 5.05. The van der Waals surface area contributed by atoms with Gasteiger partial charge in [-0.15, -0.1) is 0 Å². The SMILES string of the molecule is CCOC[C@H](CC(=O)c1ccc(OC)nc1)C1CCC(c2ccnc3ccc(F)cc23)CC1. The van der Waals surface area contributed by atoms with Gasteiger partial charge in [-0.3, -0.25) is 9.78 Å². The van der Waals surface area contributed by atoms with Crippen LogP contribution in [0.3, 0.4) is 0 Å². The second-order valence-electron chi connectivity index (χ2n) is 8.81. The number of pyridine rings is 2. The van der Waals surface area contributed by atoms with Gasteiger partial charge in [-0.25, -0.2) is 9.37 Å². The van der Waals surface area contributed by atoms with Crippen molar-refractivity contribution in [2.45, 2.75) is 44.9 Å². The molecule has 1 aliphatic rings. The molecule has 0 aliphatic heterocycles. The summed E-state index contributed by atoms with van der Waals surface area (Å²) in [6.45, 7) is 3.21. The van der Waals surface area contributed by atoms with Gasteiger partial charge in [0.25, 0.3) is 0 Å². The molecule has 3 aromatic rings. The summed E-state index contributed by atoms with van der Waals surface area (Å²) in [7, 11) is 1.56. The predicted octanol–water partition coefficient (Wildman–Crippen LogP) is 5.98. The Balaban J connectivity index is 1.44. The highest BCUT2D eigenvalue weighted by atomic mass is 19.1. The van der Waals surface area contributed by atoms with E-state index in [0.717, 1.165) is 36.6 Å². The van der Waals surface area contributed by atoms with Crippen LogP contribution in [0.4, 0.5) is 4.39 Å². The van der Waals surface area contributed by atoms with Gasteiger partial charge in [-0.1, -0.05) is 0 Å². The number of carbonyl (C=O) groups is 1. The number of nitrogens with zero attached hydrogens (tertiary/aromatic N) is 2. The van der Waals surface area contributed by atoms with Crippen LogP contribution < -0.4 is 4.74 Å². The largest absolute Gasteiger partial charge is 0.481 e. The number of hydrogen-bond donors (Lipinski definition) is 0. The normalized spacial score (nSPS) is 19.4. The number of Topliss-reactive ketones (excluding diaryl/α,β-unsaturated/α-hetero) is 1. The molecule has 2 heterocycles. The molecule has 1 saturated carbocycles. The maximum Gasteiger partial charge on any atom is 0.212 e. The summed E-state index contributed by atoms with van der Waals surface area (Å²) in [5, 5.41) is 0.911. The lowest BCUT2D eigenvalue weighted by Crippen LogP contribution is -2.27. The topological polar surface area (TPSA) is 61.3 Å². The molecule has 0 amide bonds. The Hall–Kier alpha value is -2.86. The van der Waals surface area contributed by atoms with Crippen LogP contribution in [-0.4, -0.2) is 36.1 Å². The molecule has 0 unspecified atom stereocenters. The Morgan fingerprint density at radius 3 is 2.64 bits per heavy atom. The van der Waals surface area contributed by atoms with Crippen LogP contribution in [0.2, 0.25) is 0 Å². The highest BCUT2D eigenvalue weighted by Crippen LogP contribution is 2.41. The smallest absolute Gasteiger partial charge is 0.212 e. The van der Waals surface area contributed by atoms with Crippen molar-refractivity contribution >= 4 is 16.7 Å². The van der Waals surface area contributed by atoms with Crippen molar-refractivity contribution < 1.29 is 18.7 Å². The summed E-state index contributed by atoms with van der Waals surface area (Å²) in [5.74, 6) is 1.34. The third-order valence-corrected chi connectivity index (χ3v) is 6.87. The third kappa shape index (κ3) is 5.56. The Bertz CT molecular complexity index is 1080. The molecular formula is C27H31FN2O3. The Labute approximate surface area is 194 Å². The minimum Gasteiger partial charge on any atom is -0.481 e. The average Bonchev–Trinajstić information content (AvgIpc) is 2.86. The first-order valence-electron chi connectivity index (χ1n) is 11.7. The summed E-state index contributed by atoms with van der Waals surface area (Å²) in [5.41, 5.74) is 2.62. The number of methoxy groups -OCH3 is 1. The molecule has 0 saturated heterocycles. The van der Waals surface area contributed by atoms with Gasteiger partial charge in [-0.05, 0) is 86.3 Å². The fraction of sp³-hybridized carbons (Fsp3) is 0.444. The molecule has 5 nitrogen and oxygen atoms in total. The number of halogens is 1. The molecule has 0 radical (unpaired) electrons. The van der Waals surface area contributed by atoms with Gasteiger partial charge in [-0.2, -0.15) is 0 Å². The molecule has 0 bridgehead atoms. The molecule has 174 valence electrons. The van der Waals surface area contributed by atoms with Gasteiger partial charge in [0.2, 0.25) is 5.88 Å². The molecule has 1 aliphatic carbocycles. The zero-order valence-corrected chi connectivity index (χ0v) is 19.3. The van der Waals surface area contributed by atoms with E-state index in [2.05, 4.69) is 9.97 Å². The Morgan fingerprint density at radius 1 is 1.12 bits per heavy atom. The van der Waals surface area contributed by atoms with E-state index in [1.807, 2.05) is 19.2 Å². The number of fused-ring (bicyclic) bond motifs is 1. The van der Waals surface area contributed by atoms with E-state index in [1.54, 1.807) is 37.6 Å². The van der Waals surface area contributed by atoms with Crippen molar-refractivity contribution in [3.8, 4) is 5.88 Å². The quantitative estimate of drug-likeness (QED) is 0.376. The van der Waals surface area contributed by atoms with E-state index in [4.69, 9.17) is 9.47 Å². The lowest BCUT2D eigenvalue weighted by atomic mass is 9.72. The van der Waals surface area contributed by atoms with Crippen molar-refractivity contribution in [2.75, 3.05) is 20.3 Å². The standard InChI is InChI=1S/C27H31FN2O3/c1-3-33-17-21(14-26(31)20-8-11-27(32-2)30-16-20)18-4-6-19(7-5-18)23-12-13-29-25-10-9-22(28)15-24(23)25/h8-13,15-16,18-19,21H,3-7,14,17H2,1-2H3/t18?,19?,21-/m0/s1. The molecule has 1 atom stereocenters. The maximum atomic E-state index is 13.9. The van der Waals surface area contributed by atoms with Crippen molar-refractivity contribution in [2.24, 2.45) is 11.8 Å². The molecule has 1 fully saturated rings. The second kappa shape index (κ2) is 10.8. The Kier molecular flexibility index (Phi) is 7.65. The van der Waals surface area contributed by atoms with E-state index >= 15 is 0 Å². The number of ether oxygens (including phenoxy) is 2. The van der Waals surface area contributed by atoms with Gasteiger partial charge in [0, 0.05) is 42.4 Å². The molecule has 1 aromatic carbocycles. The van der Waals surface area contributed by atoms with Crippen LogP contribution in [0.15, 0.2) is 48.8 Å². The number of hydrogen-bond acceptors (Lipinski definition) is 5. The monoisotopic (exact) mass is 450 g/mol. The summed E-state index contributed by atoms with van der Waals surface area (Å²) >= 11 is 0. The average molecular weight is 451 g/mol. The van der Waals surface area contributed by atoms with Crippen LogP contribution in [0.5, 0.6) is 5.88 Å². The van der Waals surface area contributed by atoms with Gasteiger partial charge in [0.05, 0.1) is 19.2 Å². The lowest BCUT2D eigenvalue weighted by molar-refractivity contribution is 0.0612. The van der Waals surface area contributed by atoms with Crippen LogP contribution >= 0.6 is 0 Å². The minimum absolute atomic E-state index is 0.0904. The summed E-state index contributed by atoms with van der Waals surface area (Å²) < 4.78 is 24.7. The molecule has 0 spiro atoms. The van der Waals surface area contributed by atoms with Gasteiger partial charge < -0.3 is 9.47 Å². The van der Waals surface area contributed by atoms with Crippen LogP contribution in [0.25, 0.3) is 10.9 Å². The maximum absolute atomic E-state index is 13.9. The highest BCUT2D eigenvalue weighted by Gasteiger charge is 2.30. The van der Waals surface area contributed by atoms with Crippen LogP contribution in [-0.2, 0) is 4.74 Å². The molecular weight excluding hydrogens is 419 g/mol. The lowest BCUT2D eigenvalue weighted by Gasteiger charge is -2.34. The zero-order valence-electron chi connectivity index (χ0n) is 19.3. The van der Waals surface area contributed by atoms with Gasteiger partial charge in [0.15, 0.2) is 5.78 Å². The Morgan fingerprint density at radius 2 is 1.94 bits per heavy atom. The van der Waals surface area contributed by atoms with E-state index in [-0.39, 0.29) is 17.5 Å². The summed E-state index contributed by atoms with van der Waals surface area (Å²) in [4.78, 5) is 21.5. The van der Waals surface area contributed by atoms with E-state index in [0.29, 0.717) is 42.9 Å². The molecule has 6 heteroatoms. The van der Waals surface area contributed by atoms with Crippen LogP contribution in [0, 0.1) is 17.7 Å². The van der Waals surface area contributed by atoms with Crippen LogP contribution in [0.1, 0.15) is 60.9 Å². The van der Waals surface area contributed by atoms with E-state index < -0.39 is 0 Å². The number of carbonyl (C=O) groups excluding carboxylic acids is 1. The minimum atomic E-state index is -0.228. The highest BCUT2D eigenvalue weighted by molar-refractivity contribution is 5.96. The first kappa shape index (κ1) is 23.3. The third-order valence-electron chi connectivity index (χ3n) is 6.87. The van der Waals surface area contributed by atoms with Crippen molar-refractivity contribution in [3.05, 3.63) is 65.7 Å².